The van der Waals surface area contributed by atoms with Gasteiger partial charge in [0.2, 0.25) is 0 Å². The molecule has 1 atom stereocenters. The van der Waals surface area contributed by atoms with Gasteiger partial charge in [0, 0.05) is 14.9 Å². The van der Waals surface area contributed by atoms with E-state index in [4.69, 9.17) is 0 Å². The first kappa shape index (κ1) is 12.7. The summed E-state index contributed by atoms with van der Waals surface area (Å²) in [5.41, 5.74) is 1.26. The zero-order valence-corrected chi connectivity index (χ0v) is 11.9. The van der Waals surface area contributed by atoms with E-state index in [-0.39, 0.29) is 5.82 Å². The largest absolute Gasteiger partial charge is 0.383 e. The molecule has 1 unspecified atom stereocenters. The topological polar surface area (TPSA) is 20.2 Å². The summed E-state index contributed by atoms with van der Waals surface area (Å²) in [6, 6.07) is 6.70. The van der Waals surface area contributed by atoms with E-state index >= 15 is 0 Å². The molecule has 2 aromatic rings. The average Bonchev–Trinajstić information content (AvgIpc) is 2.60. The van der Waals surface area contributed by atoms with Gasteiger partial charge in [0.15, 0.2) is 0 Å². The van der Waals surface area contributed by atoms with E-state index in [0.29, 0.717) is 5.56 Å². The number of benzene rings is 1. The Morgan fingerprint density at radius 1 is 1.29 bits per heavy atom. The smallest absolute Gasteiger partial charge is 0.129 e. The number of hydrogen-bond acceptors (Lipinski definition) is 2. The predicted octanol–water partition coefficient (Wildman–Crippen LogP) is 4.35. The van der Waals surface area contributed by atoms with Crippen molar-refractivity contribution in [2.24, 2.45) is 0 Å². The number of aliphatic hydroxyl groups is 1. The summed E-state index contributed by atoms with van der Waals surface area (Å²) >= 11 is 4.85. The first-order chi connectivity index (χ1) is 7.99. The Morgan fingerprint density at radius 2 is 2.00 bits per heavy atom. The molecule has 0 amide bonds. The third kappa shape index (κ3) is 2.59. The van der Waals surface area contributed by atoms with Gasteiger partial charge in [-0.2, -0.15) is 0 Å². The highest BCUT2D eigenvalue weighted by Gasteiger charge is 2.19. The fraction of sp³-hybridized carbons (Fsp3) is 0.231. The van der Waals surface area contributed by atoms with Gasteiger partial charge in [0.25, 0.3) is 0 Å². The monoisotopic (exact) mass is 314 g/mol. The highest BCUT2D eigenvalue weighted by atomic mass is 79.9. The van der Waals surface area contributed by atoms with Crippen LogP contribution < -0.4 is 0 Å². The molecule has 0 aliphatic carbocycles. The standard InChI is InChI=1S/C13H12BrFOS/c1-7-3-4-11(15)9(5-7)12(16)13-10(14)6-8(2)17-13/h3-6,12,16H,1-2H3. The van der Waals surface area contributed by atoms with Crippen LogP contribution in [0.25, 0.3) is 0 Å². The van der Waals surface area contributed by atoms with E-state index in [0.717, 1.165) is 19.8 Å². The lowest BCUT2D eigenvalue weighted by Crippen LogP contribution is -2.01. The van der Waals surface area contributed by atoms with Gasteiger partial charge in [-0.1, -0.05) is 17.7 Å². The molecular weight excluding hydrogens is 303 g/mol. The van der Waals surface area contributed by atoms with E-state index in [1.165, 1.54) is 17.4 Å². The average molecular weight is 315 g/mol. The van der Waals surface area contributed by atoms with Gasteiger partial charge in [-0.25, -0.2) is 4.39 Å². The van der Waals surface area contributed by atoms with Crippen LogP contribution in [0.15, 0.2) is 28.7 Å². The molecule has 0 saturated heterocycles. The second-order valence-electron chi connectivity index (χ2n) is 4.00. The van der Waals surface area contributed by atoms with Crippen LogP contribution in [-0.4, -0.2) is 5.11 Å². The molecule has 1 nitrogen and oxygen atoms in total. The van der Waals surface area contributed by atoms with E-state index in [1.54, 1.807) is 12.1 Å². The van der Waals surface area contributed by atoms with Gasteiger partial charge in [-0.05, 0) is 41.9 Å². The molecule has 1 aromatic heterocycles. The van der Waals surface area contributed by atoms with Crippen LogP contribution in [-0.2, 0) is 0 Å². The van der Waals surface area contributed by atoms with Gasteiger partial charge >= 0.3 is 0 Å². The third-order valence-corrected chi connectivity index (χ3v) is 4.55. The minimum absolute atomic E-state index is 0.326. The second kappa shape index (κ2) is 4.88. The van der Waals surface area contributed by atoms with E-state index in [2.05, 4.69) is 15.9 Å². The predicted molar refractivity (Wildman–Crippen MR) is 72.0 cm³/mol. The van der Waals surface area contributed by atoms with Gasteiger partial charge in [-0.3, -0.25) is 0 Å². The number of hydrogen-bond donors (Lipinski definition) is 1. The molecular formula is C13H12BrFOS. The Bertz CT molecular complexity index is 550. The molecule has 17 heavy (non-hydrogen) atoms. The van der Waals surface area contributed by atoms with Crippen molar-refractivity contribution in [2.45, 2.75) is 20.0 Å². The Labute approximate surface area is 112 Å². The molecule has 0 saturated carbocycles. The van der Waals surface area contributed by atoms with Gasteiger partial charge in [0.05, 0.1) is 4.88 Å². The summed E-state index contributed by atoms with van der Waals surface area (Å²) in [6.07, 6.45) is -0.914. The Balaban J connectivity index is 2.46. The van der Waals surface area contributed by atoms with Crippen molar-refractivity contribution < 1.29 is 9.50 Å². The molecule has 1 N–H and O–H groups in total. The summed E-state index contributed by atoms with van der Waals surface area (Å²) in [5, 5.41) is 10.2. The summed E-state index contributed by atoms with van der Waals surface area (Å²) in [6.45, 7) is 3.84. The zero-order valence-electron chi connectivity index (χ0n) is 9.50. The van der Waals surface area contributed by atoms with E-state index in [1.807, 2.05) is 19.9 Å². The Morgan fingerprint density at radius 3 is 2.59 bits per heavy atom. The van der Waals surface area contributed by atoms with Crippen molar-refractivity contribution in [3.05, 3.63) is 55.4 Å². The molecule has 90 valence electrons. The molecule has 2 rings (SSSR count). The quantitative estimate of drug-likeness (QED) is 0.873. The molecule has 0 aliphatic rings. The van der Waals surface area contributed by atoms with Crippen LogP contribution >= 0.6 is 27.3 Å². The van der Waals surface area contributed by atoms with Crippen LogP contribution in [0.4, 0.5) is 4.39 Å². The maximum Gasteiger partial charge on any atom is 0.129 e. The molecule has 0 spiro atoms. The highest BCUT2D eigenvalue weighted by molar-refractivity contribution is 9.10. The first-order valence-corrected chi connectivity index (χ1v) is 6.80. The number of thiophene rings is 1. The maximum absolute atomic E-state index is 13.7. The number of rotatable bonds is 2. The molecule has 1 aromatic carbocycles. The fourth-order valence-electron chi connectivity index (χ4n) is 1.70. The van der Waals surface area contributed by atoms with E-state index < -0.39 is 6.10 Å². The molecule has 0 radical (unpaired) electrons. The minimum atomic E-state index is -0.914. The second-order valence-corrected chi connectivity index (χ2v) is 6.14. The fourth-order valence-corrected chi connectivity index (χ4v) is 3.57. The van der Waals surface area contributed by atoms with Crippen LogP contribution in [0.3, 0.4) is 0 Å². The maximum atomic E-state index is 13.7. The van der Waals surface area contributed by atoms with Crippen molar-refractivity contribution in [3.8, 4) is 0 Å². The lowest BCUT2D eigenvalue weighted by Gasteiger charge is -2.11. The normalized spacial score (nSPS) is 12.8. The van der Waals surface area contributed by atoms with Crippen LogP contribution in [0, 0.1) is 19.7 Å². The van der Waals surface area contributed by atoms with Crippen molar-refractivity contribution in [1.82, 2.24) is 0 Å². The first-order valence-electron chi connectivity index (χ1n) is 5.19. The summed E-state index contributed by atoms with van der Waals surface area (Å²) < 4.78 is 14.5. The molecule has 4 heteroatoms. The van der Waals surface area contributed by atoms with Crippen molar-refractivity contribution in [1.29, 1.82) is 0 Å². The van der Waals surface area contributed by atoms with E-state index in [9.17, 15) is 9.50 Å². The third-order valence-electron chi connectivity index (χ3n) is 2.53. The Hall–Kier alpha value is -0.710. The number of halogens is 2. The molecule has 0 aliphatic heterocycles. The summed E-state index contributed by atoms with van der Waals surface area (Å²) in [7, 11) is 0. The highest BCUT2D eigenvalue weighted by Crippen LogP contribution is 2.36. The van der Waals surface area contributed by atoms with Crippen molar-refractivity contribution in [3.63, 3.8) is 0 Å². The number of aryl methyl sites for hydroxylation is 2. The number of aliphatic hydroxyl groups excluding tert-OH is 1. The molecule has 0 bridgehead atoms. The SMILES string of the molecule is Cc1ccc(F)c(C(O)c2sc(C)cc2Br)c1. The Kier molecular flexibility index (Phi) is 3.66. The lowest BCUT2D eigenvalue weighted by atomic mass is 10.0. The van der Waals surface area contributed by atoms with Crippen molar-refractivity contribution in [2.75, 3.05) is 0 Å². The molecule has 0 fully saturated rings. The van der Waals surface area contributed by atoms with Gasteiger partial charge in [0.1, 0.15) is 11.9 Å². The van der Waals surface area contributed by atoms with Crippen LogP contribution in [0.5, 0.6) is 0 Å². The van der Waals surface area contributed by atoms with Crippen molar-refractivity contribution >= 4 is 27.3 Å². The summed E-state index contributed by atoms with van der Waals surface area (Å²) in [4.78, 5) is 1.82. The summed E-state index contributed by atoms with van der Waals surface area (Å²) in [5.74, 6) is -0.374. The van der Waals surface area contributed by atoms with Gasteiger partial charge < -0.3 is 5.11 Å². The lowest BCUT2D eigenvalue weighted by molar-refractivity contribution is 0.218. The van der Waals surface area contributed by atoms with Crippen LogP contribution in [0.2, 0.25) is 0 Å². The zero-order chi connectivity index (χ0) is 12.6. The van der Waals surface area contributed by atoms with Gasteiger partial charge in [-0.15, -0.1) is 11.3 Å². The molecule has 1 heterocycles. The minimum Gasteiger partial charge on any atom is -0.383 e. The van der Waals surface area contributed by atoms with Crippen LogP contribution in [0.1, 0.15) is 27.0 Å².